The van der Waals surface area contributed by atoms with Gasteiger partial charge in [0, 0.05) is 6.97 Å². The molecule has 0 bridgehead atoms. The predicted octanol–water partition coefficient (Wildman–Crippen LogP) is 2.45. The number of allylic oxidation sites excluding steroid dienone is 1. The van der Waals surface area contributed by atoms with Gasteiger partial charge in [0.15, 0.2) is 0 Å². The third kappa shape index (κ3) is 1.43. The highest BCUT2D eigenvalue weighted by Gasteiger charge is 2.30. The third-order valence-electron chi connectivity index (χ3n) is 2.21. The smallest absolute Gasteiger partial charge is 0.0504 e. The van der Waals surface area contributed by atoms with Crippen LogP contribution in [0.5, 0.6) is 0 Å². The lowest BCUT2D eigenvalue weighted by atomic mass is 9.78. The summed E-state index contributed by atoms with van der Waals surface area (Å²) in [6.45, 7) is 7.84. The Morgan fingerprint density at radius 1 is 1.70 bits per heavy atom. The van der Waals surface area contributed by atoms with Gasteiger partial charge in [0.1, 0.15) is 0 Å². The highest BCUT2D eigenvalue weighted by atomic mass is 15.0. The summed E-state index contributed by atoms with van der Waals surface area (Å²) in [5, 5.41) is 3.39. The summed E-state index contributed by atoms with van der Waals surface area (Å²) in [4.78, 5) is 0. The van der Waals surface area contributed by atoms with Gasteiger partial charge in [0.2, 0.25) is 0 Å². The third-order valence-corrected chi connectivity index (χ3v) is 2.21. The first-order valence-corrected chi connectivity index (χ1v) is 3.81. The van der Waals surface area contributed by atoms with Crippen molar-refractivity contribution in [3.05, 3.63) is 18.0 Å². The fraction of sp³-hybridized carbons (Fsp3) is 0.667. The van der Waals surface area contributed by atoms with Crippen molar-refractivity contribution in [2.45, 2.75) is 38.6 Å². The Morgan fingerprint density at radius 2 is 2.30 bits per heavy atom. The maximum absolute atomic E-state index is 3.58. The molecule has 0 amide bonds. The van der Waals surface area contributed by atoms with E-state index < -0.39 is 0 Å². The number of hydrogen-bond donors (Lipinski definition) is 1. The summed E-state index contributed by atoms with van der Waals surface area (Å²) in [6, 6.07) is 0. The molecule has 1 aliphatic rings. The van der Waals surface area contributed by atoms with Crippen LogP contribution in [0, 0.1) is 0 Å². The van der Waals surface area contributed by atoms with Crippen molar-refractivity contribution in [3.8, 4) is 0 Å². The molecule has 0 atom stereocenters. The van der Waals surface area contributed by atoms with Crippen LogP contribution >= 0.6 is 0 Å². The van der Waals surface area contributed by atoms with E-state index in [1.165, 1.54) is 19.3 Å². The number of rotatable bonds is 2. The van der Waals surface area contributed by atoms with Gasteiger partial charge < -0.3 is 5.32 Å². The monoisotopic (exact) mass is 139 g/mol. The van der Waals surface area contributed by atoms with E-state index in [1.54, 1.807) is 0 Å². The second kappa shape index (κ2) is 2.51. The first-order chi connectivity index (χ1) is 4.66. The van der Waals surface area contributed by atoms with E-state index >= 15 is 0 Å². The van der Waals surface area contributed by atoms with Crippen molar-refractivity contribution in [1.29, 1.82) is 0 Å². The minimum absolute atomic E-state index is 0. The van der Waals surface area contributed by atoms with E-state index in [-0.39, 0.29) is 1.43 Å². The van der Waals surface area contributed by atoms with E-state index in [2.05, 4.69) is 24.6 Å². The minimum atomic E-state index is 0. The van der Waals surface area contributed by atoms with Gasteiger partial charge in [-0.25, -0.2) is 0 Å². The SMILES string of the molecule is C=C=C(C)NC1(C)CCC1.[HH]. The van der Waals surface area contributed by atoms with Crippen molar-refractivity contribution < 1.29 is 1.43 Å². The lowest BCUT2D eigenvalue weighted by Gasteiger charge is -2.39. The molecule has 0 aromatic heterocycles. The van der Waals surface area contributed by atoms with E-state index in [1.807, 2.05) is 6.92 Å². The van der Waals surface area contributed by atoms with Gasteiger partial charge in [-0.1, -0.05) is 6.58 Å². The summed E-state index contributed by atoms with van der Waals surface area (Å²) < 4.78 is 0. The summed E-state index contributed by atoms with van der Waals surface area (Å²) in [5.41, 5.74) is 4.27. The predicted molar refractivity (Wildman–Crippen MR) is 45.8 cm³/mol. The summed E-state index contributed by atoms with van der Waals surface area (Å²) in [5.74, 6) is 0. The summed E-state index contributed by atoms with van der Waals surface area (Å²) >= 11 is 0. The van der Waals surface area contributed by atoms with E-state index in [9.17, 15) is 0 Å². The Bertz CT molecular complexity index is 176. The molecule has 1 N–H and O–H groups in total. The van der Waals surface area contributed by atoms with Gasteiger partial charge >= 0.3 is 0 Å². The summed E-state index contributed by atoms with van der Waals surface area (Å²) in [6.07, 6.45) is 3.92. The molecule has 1 nitrogen and oxygen atoms in total. The molecule has 58 valence electrons. The zero-order chi connectivity index (χ0) is 7.61. The van der Waals surface area contributed by atoms with Crippen molar-refractivity contribution in [3.63, 3.8) is 0 Å². The Labute approximate surface area is 64.3 Å². The molecule has 0 radical (unpaired) electrons. The molecule has 10 heavy (non-hydrogen) atoms. The quantitative estimate of drug-likeness (QED) is 0.579. The van der Waals surface area contributed by atoms with Crippen LogP contribution in [-0.4, -0.2) is 5.54 Å². The van der Waals surface area contributed by atoms with Gasteiger partial charge in [-0.15, -0.1) is 5.73 Å². The average Bonchev–Trinajstić information content (AvgIpc) is 1.84. The minimum Gasteiger partial charge on any atom is -0.377 e. The lowest BCUT2D eigenvalue weighted by Crippen LogP contribution is -2.46. The average molecular weight is 139 g/mol. The molecule has 0 spiro atoms. The van der Waals surface area contributed by atoms with Crippen LogP contribution in [0.15, 0.2) is 18.0 Å². The maximum Gasteiger partial charge on any atom is 0.0504 e. The molecule has 1 aliphatic carbocycles. The molecule has 1 fully saturated rings. The topological polar surface area (TPSA) is 12.0 Å². The molecule has 0 unspecified atom stereocenters. The van der Waals surface area contributed by atoms with Crippen molar-refractivity contribution in [1.82, 2.24) is 5.32 Å². The Balaban J connectivity index is 0.000001000. The normalized spacial score (nSPS) is 20.6. The molecule has 0 heterocycles. The van der Waals surface area contributed by atoms with Crippen LogP contribution in [0.3, 0.4) is 0 Å². The van der Waals surface area contributed by atoms with E-state index in [0.717, 1.165) is 5.70 Å². The highest BCUT2D eigenvalue weighted by Crippen LogP contribution is 2.31. The number of nitrogens with one attached hydrogen (secondary N) is 1. The highest BCUT2D eigenvalue weighted by molar-refractivity contribution is 5.02. The van der Waals surface area contributed by atoms with Crippen molar-refractivity contribution >= 4 is 0 Å². The molecule has 0 aromatic rings. The van der Waals surface area contributed by atoms with Crippen molar-refractivity contribution in [2.24, 2.45) is 0 Å². The largest absolute Gasteiger partial charge is 0.377 e. The molecule has 1 saturated carbocycles. The fourth-order valence-corrected chi connectivity index (χ4v) is 1.33. The molecule has 0 aromatic carbocycles. The van der Waals surface area contributed by atoms with Gasteiger partial charge in [0.05, 0.1) is 5.70 Å². The Morgan fingerprint density at radius 3 is 2.60 bits per heavy atom. The van der Waals surface area contributed by atoms with Gasteiger partial charge in [-0.05, 0) is 33.1 Å². The second-order valence-electron chi connectivity index (χ2n) is 3.34. The molecular formula is C9H17N. The maximum atomic E-state index is 3.58. The first-order valence-electron chi connectivity index (χ1n) is 3.81. The standard InChI is InChI=1S/C9H15N.H2/c1-4-8(2)10-9(3)6-5-7-9;/h10H,1,5-7H2,2-3H3;1H. The second-order valence-corrected chi connectivity index (χ2v) is 3.34. The molecule has 0 aliphatic heterocycles. The van der Waals surface area contributed by atoms with Crippen LogP contribution < -0.4 is 5.32 Å². The van der Waals surface area contributed by atoms with Crippen molar-refractivity contribution in [2.75, 3.05) is 0 Å². The fourth-order valence-electron chi connectivity index (χ4n) is 1.33. The summed E-state index contributed by atoms with van der Waals surface area (Å²) in [7, 11) is 0. The van der Waals surface area contributed by atoms with Crippen LogP contribution in [0.25, 0.3) is 0 Å². The van der Waals surface area contributed by atoms with Crippen LogP contribution in [0.2, 0.25) is 0 Å². The van der Waals surface area contributed by atoms with Gasteiger partial charge in [-0.3, -0.25) is 0 Å². The molecule has 0 saturated heterocycles. The first kappa shape index (κ1) is 7.43. The van der Waals surface area contributed by atoms with E-state index in [0.29, 0.717) is 5.54 Å². The Kier molecular flexibility index (Phi) is 1.87. The lowest BCUT2D eigenvalue weighted by molar-refractivity contribution is 0.228. The van der Waals surface area contributed by atoms with E-state index in [4.69, 9.17) is 0 Å². The molecular weight excluding hydrogens is 122 g/mol. The number of hydrogen-bond acceptors (Lipinski definition) is 1. The van der Waals surface area contributed by atoms with Gasteiger partial charge in [-0.2, -0.15) is 0 Å². The molecule has 1 heteroatoms. The van der Waals surface area contributed by atoms with Crippen LogP contribution in [-0.2, 0) is 0 Å². The zero-order valence-electron chi connectivity index (χ0n) is 6.83. The van der Waals surface area contributed by atoms with Crippen LogP contribution in [0.4, 0.5) is 0 Å². The Hall–Kier alpha value is -0.680. The van der Waals surface area contributed by atoms with Crippen LogP contribution in [0.1, 0.15) is 34.5 Å². The molecule has 1 rings (SSSR count). The zero-order valence-corrected chi connectivity index (χ0v) is 6.83. The van der Waals surface area contributed by atoms with Gasteiger partial charge in [0.25, 0.3) is 0 Å².